The van der Waals surface area contributed by atoms with E-state index in [0.29, 0.717) is 31.5 Å². The van der Waals surface area contributed by atoms with Crippen LogP contribution in [0.1, 0.15) is 23.2 Å². The van der Waals surface area contributed by atoms with Gasteiger partial charge in [0.15, 0.2) is 0 Å². The zero-order valence-corrected chi connectivity index (χ0v) is 15.2. The van der Waals surface area contributed by atoms with Crippen LogP contribution in [0, 0.1) is 0 Å². The highest BCUT2D eigenvalue weighted by Gasteiger charge is 2.23. The fourth-order valence-electron chi connectivity index (χ4n) is 3.59. The minimum atomic E-state index is -0.784. The van der Waals surface area contributed by atoms with Crippen molar-refractivity contribution in [3.63, 3.8) is 0 Å². The van der Waals surface area contributed by atoms with Crippen LogP contribution in [-0.4, -0.2) is 42.2 Å². The van der Waals surface area contributed by atoms with E-state index in [9.17, 15) is 9.18 Å². The van der Waals surface area contributed by atoms with E-state index in [1.165, 1.54) is 0 Å². The van der Waals surface area contributed by atoms with E-state index >= 15 is 0 Å². The molecule has 0 bridgehead atoms. The van der Waals surface area contributed by atoms with Gasteiger partial charge in [0, 0.05) is 30.2 Å². The second-order valence-corrected chi connectivity index (χ2v) is 6.76. The maximum atomic E-state index is 13.3. The molecule has 0 radical (unpaired) electrons. The predicted octanol–water partition coefficient (Wildman–Crippen LogP) is 4.48. The summed E-state index contributed by atoms with van der Waals surface area (Å²) in [5, 5.41) is 1.00. The van der Waals surface area contributed by atoms with Gasteiger partial charge in [-0.15, -0.1) is 0 Å². The Morgan fingerprint density at radius 1 is 1.11 bits per heavy atom. The minimum Gasteiger partial charge on any atom is -0.494 e. The van der Waals surface area contributed by atoms with Crippen LogP contribution in [0.5, 0.6) is 5.75 Å². The summed E-state index contributed by atoms with van der Waals surface area (Å²) in [7, 11) is 1.63. The average Bonchev–Trinajstić information content (AvgIpc) is 2.73. The summed E-state index contributed by atoms with van der Waals surface area (Å²) in [4.78, 5) is 18.8. The minimum absolute atomic E-state index is 0.0327. The van der Waals surface area contributed by atoms with Crippen molar-refractivity contribution in [1.29, 1.82) is 0 Å². The highest BCUT2D eigenvalue weighted by Crippen LogP contribution is 2.33. The van der Waals surface area contributed by atoms with Gasteiger partial charge < -0.3 is 9.64 Å². The number of amides is 1. The molecule has 3 aromatic rings. The molecular formula is C22H21FN2O2. The Balaban J connectivity index is 1.63. The van der Waals surface area contributed by atoms with Crippen LogP contribution in [0.3, 0.4) is 0 Å². The van der Waals surface area contributed by atoms with E-state index in [0.717, 1.165) is 27.8 Å². The molecule has 1 saturated heterocycles. The lowest BCUT2D eigenvalue weighted by Crippen LogP contribution is -2.39. The lowest BCUT2D eigenvalue weighted by atomic mass is 9.98. The third-order valence-corrected chi connectivity index (χ3v) is 5.11. The number of carbonyl (C=O) groups is 1. The van der Waals surface area contributed by atoms with Gasteiger partial charge in [0.1, 0.15) is 17.4 Å². The summed E-state index contributed by atoms with van der Waals surface area (Å²) >= 11 is 0. The summed E-state index contributed by atoms with van der Waals surface area (Å²) in [5.74, 6) is 0.701. The number of nitrogens with zero attached hydrogens (tertiary/aromatic N) is 2. The van der Waals surface area contributed by atoms with Crippen molar-refractivity contribution in [3.05, 3.63) is 60.3 Å². The molecule has 138 valence electrons. The molecule has 0 N–H and O–H groups in total. The Kier molecular flexibility index (Phi) is 4.75. The first-order valence-corrected chi connectivity index (χ1v) is 9.13. The van der Waals surface area contributed by atoms with Gasteiger partial charge in [-0.1, -0.05) is 18.2 Å². The van der Waals surface area contributed by atoms with Crippen molar-refractivity contribution >= 4 is 16.8 Å². The normalized spacial score (nSPS) is 15.1. The number of hydrogen-bond acceptors (Lipinski definition) is 3. The monoisotopic (exact) mass is 364 g/mol. The maximum absolute atomic E-state index is 13.3. The SMILES string of the molecule is COc1ccc(-c2ccc(C(=O)N3CCC(F)CC3)cc2)c2cccnc12. The fourth-order valence-corrected chi connectivity index (χ4v) is 3.59. The number of rotatable bonds is 3. The summed E-state index contributed by atoms with van der Waals surface area (Å²) in [5.41, 5.74) is 3.49. The highest BCUT2D eigenvalue weighted by atomic mass is 19.1. The van der Waals surface area contributed by atoms with Gasteiger partial charge >= 0.3 is 0 Å². The van der Waals surface area contributed by atoms with E-state index in [-0.39, 0.29) is 5.91 Å². The standard InChI is InChI=1S/C22H21FN2O2/c1-27-20-9-8-18(19-3-2-12-24-21(19)20)15-4-6-16(7-5-15)22(26)25-13-10-17(23)11-14-25/h2-9,12,17H,10-11,13-14H2,1H3. The molecule has 27 heavy (non-hydrogen) atoms. The van der Waals surface area contributed by atoms with Gasteiger partial charge in [-0.05, 0) is 54.3 Å². The third-order valence-electron chi connectivity index (χ3n) is 5.11. The van der Waals surface area contributed by atoms with Crippen LogP contribution in [-0.2, 0) is 0 Å². The van der Waals surface area contributed by atoms with Gasteiger partial charge in [0.2, 0.25) is 0 Å². The van der Waals surface area contributed by atoms with E-state index in [4.69, 9.17) is 4.74 Å². The molecule has 5 heteroatoms. The molecular weight excluding hydrogens is 343 g/mol. The number of halogens is 1. The number of alkyl halides is 1. The number of hydrogen-bond donors (Lipinski definition) is 0. The Morgan fingerprint density at radius 3 is 2.56 bits per heavy atom. The van der Waals surface area contributed by atoms with Crippen LogP contribution < -0.4 is 4.74 Å². The van der Waals surface area contributed by atoms with Gasteiger partial charge in [0.05, 0.1) is 7.11 Å². The van der Waals surface area contributed by atoms with Crippen molar-refractivity contribution in [3.8, 4) is 16.9 Å². The second-order valence-electron chi connectivity index (χ2n) is 6.76. The Bertz CT molecular complexity index is 964. The first-order chi connectivity index (χ1) is 13.2. The number of benzene rings is 2. The Morgan fingerprint density at radius 2 is 1.85 bits per heavy atom. The number of pyridine rings is 1. The predicted molar refractivity (Wildman–Crippen MR) is 104 cm³/mol. The fraction of sp³-hybridized carbons (Fsp3) is 0.273. The molecule has 0 saturated carbocycles. The van der Waals surface area contributed by atoms with Crippen molar-refractivity contribution in [1.82, 2.24) is 9.88 Å². The topological polar surface area (TPSA) is 42.4 Å². The molecule has 2 aromatic carbocycles. The Labute approximate surface area is 157 Å². The summed E-state index contributed by atoms with van der Waals surface area (Å²) in [6, 6.07) is 15.4. The van der Waals surface area contributed by atoms with E-state index < -0.39 is 6.17 Å². The molecule has 1 fully saturated rings. The largest absolute Gasteiger partial charge is 0.494 e. The van der Waals surface area contributed by atoms with Crippen LogP contribution in [0.15, 0.2) is 54.7 Å². The molecule has 4 rings (SSSR count). The van der Waals surface area contributed by atoms with Crippen LogP contribution in [0.2, 0.25) is 0 Å². The molecule has 1 aromatic heterocycles. The first kappa shape index (κ1) is 17.5. The lowest BCUT2D eigenvalue weighted by molar-refractivity contribution is 0.0667. The summed E-state index contributed by atoms with van der Waals surface area (Å²) < 4.78 is 18.7. The summed E-state index contributed by atoms with van der Waals surface area (Å²) in [6.07, 6.45) is 1.81. The number of carbonyl (C=O) groups excluding carboxylic acids is 1. The van der Waals surface area contributed by atoms with Gasteiger partial charge in [0.25, 0.3) is 5.91 Å². The van der Waals surface area contributed by atoms with E-state index in [1.807, 2.05) is 48.5 Å². The molecule has 4 nitrogen and oxygen atoms in total. The van der Waals surface area contributed by atoms with Crippen molar-refractivity contribution in [2.24, 2.45) is 0 Å². The molecule has 0 atom stereocenters. The molecule has 1 aliphatic rings. The smallest absolute Gasteiger partial charge is 0.253 e. The van der Waals surface area contributed by atoms with Crippen molar-refractivity contribution in [2.75, 3.05) is 20.2 Å². The zero-order valence-electron chi connectivity index (χ0n) is 15.2. The molecule has 1 amide bonds. The molecule has 0 aliphatic carbocycles. The van der Waals surface area contributed by atoms with Crippen LogP contribution >= 0.6 is 0 Å². The van der Waals surface area contributed by atoms with Crippen LogP contribution in [0.25, 0.3) is 22.0 Å². The molecule has 2 heterocycles. The van der Waals surface area contributed by atoms with Crippen molar-refractivity contribution in [2.45, 2.75) is 19.0 Å². The number of piperidine rings is 1. The zero-order chi connectivity index (χ0) is 18.8. The Hall–Kier alpha value is -2.95. The second kappa shape index (κ2) is 7.35. The van der Waals surface area contributed by atoms with Gasteiger partial charge in [-0.2, -0.15) is 0 Å². The lowest BCUT2D eigenvalue weighted by Gasteiger charge is -2.28. The molecule has 0 spiro atoms. The number of likely N-dealkylation sites (tertiary alicyclic amines) is 1. The van der Waals surface area contributed by atoms with Gasteiger partial charge in [-0.3, -0.25) is 9.78 Å². The third kappa shape index (κ3) is 3.37. The number of methoxy groups -OCH3 is 1. The maximum Gasteiger partial charge on any atom is 0.253 e. The number of ether oxygens (including phenoxy) is 1. The average molecular weight is 364 g/mol. The number of fused-ring (bicyclic) bond motifs is 1. The molecule has 1 aliphatic heterocycles. The highest BCUT2D eigenvalue weighted by molar-refractivity contribution is 5.99. The van der Waals surface area contributed by atoms with Crippen molar-refractivity contribution < 1.29 is 13.9 Å². The summed E-state index contributed by atoms with van der Waals surface area (Å²) in [6.45, 7) is 0.965. The number of aromatic nitrogens is 1. The first-order valence-electron chi connectivity index (χ1n) is 9.13. The van der Waals surface area contributed by atoms with Gasteiger partial charge in [-0.25, -0.2) is 4.39 Å². The van der Waals surface area contributed by atoms with Crippen LogP contribution in [0.4, 0.5) is 4.39 Å². The van der Waals surface area contributed by atoms with E-state index in [1.54, 1.807) is 18.2 Å². The molecule has 0 unspecified atom stereocenters. The van der Waals surface area contributed by atoms with E-state index in [2.05, 4.69) is 4.98 Å². The quantitative estimate of drug-likeness (QED) is 0.688.